The van der Waals surface area contributed by atoms with Crippen molar-refractivity contribution in [3.05, 3.63) is 41.6 Å². The number of carbonyl (C=O) groups excluding carboxylic acids is 1. The zero-order valence-corrected chi connectivity index (χ0v) is 15.8. The van der Waals surface area contributed by atoms with E-state index in [2.05, 4.69) is 20.4 Å². The third-order valence-corrected chi connectivity index (χ3v) is 5.65. The van der Waals surface area contributed by atoms with E-state index in [9.17, 15) is 13.2 Å². The molecule has 138 valence electrons. The number of anilines is 2. The maximum Gasteiger partial charge on any atom is 0.227 e. The molecule has 3 rings (SSSR count). The second-order valence-electron chi connectivity index (χ2n) is 6.26. The summed E-state index contributed by atoms with van der Waals surface area (Å²) in [5, 5.41) is 11.1. The summed E-state index contributed by atoms with van der Waals surface area (Å²) < 4.78 is 23.3. The van der Waals surface area contributed by atoms with E-state index in [0.29, 0.717) is 36.8 Å². The van der Waals surface area contributed by atoms with Gasteiger partial charge in [0.2, 0.25) is 5.91 Å². The predicted molar refractivity (Wildman–Crippen MR) is 100 cm³/mol. The van der Waals surface area contributed by atoms with Crippen molar-refractivity contribution in [3.63, 3.8) is 0 Å². The standard InChI is InChI=1S/C17H19ClN4O3S/c1-26(24,25)14-4-2-3-13(11-14)19-17(23)12-7-9-22(10-8-12)16-6-5-15(18)20-21-16/h2-6,11-12H,7-10H2,1H3,(H,19,23). The van der Waals surface area contributed by atoms with Gasteiger partial charge in [-0.2, -0.15) is 0 Å². The molecule has 7 nitrogen and oxygen atoms in total. The highest BCUT2D eigenvalue weighted by Gasteiger charge is 2.26. The molecule has 1 N–H and O–H groups in total. The third-order valence-electron chi connectivity index (χ3n) is 4.34. The Morgan fingerprint density at radius 1 is 1.19 bits per heavy atom. The van der Waals surface area contributed by atoms with Crippen LogP contribution in [0.15, 0.2) is 41.3 Å². The first kappa shape index (κ1) is 18.6. The van der Waals surface area contributed by atoms with Gasteiger partial charge in [0.15, 0.2) is 20.8 Å². The van der Waals surface area contributed by atoms with Gasteiger partial charge in [0, 0.05) is 31.0 Å². The van der Waals surface area contributed by atoms with Crippen molar-refractivity contribution in [2.24, 2.45) is 5.92 Å². The number of aromatic nitrogens is 2. The minimum Gasteiger partial charge on any atom is -0.355 e. The van der Waals surface area contributed by atoms with Gasteiger partial charge in [0.05, 0.1) is 4.90 Å². The molecule has 0 aliphatic carbocycles. The second kappa shape index (κ2) is 7.59. The summed E-state index contributed by atoms with van der Waals surface area (Å²) in [6.45, 7) is 1.38. The maximum atomic E-state index is 12.5. The molecule has 0 unspecified atom stereocenters. The molecule has 1 amide bonds. The Kier molecular flexibility index (Phi) is 5.43. The summed E-state index contributed by atoms with van der Waals surface area (Å²) in [7, 11) is -3.31. The van der Waals surface area contributed by atoms with Crippen LogP contribution in [-0.2, 0) is 14.6 Å². The van der Waals surface area contributed by atoms with E-state index in [1.165, 1.54) is 12.1 Å². The van der Waals surface area contributed by atoms with Crippen molar-refractivity contribution in [3.8, 4) is 0 Å². The molecule has 0 spiro atoms. The lowest BCUT2D eigenvalue weighted by Crippen LogP contribution is -2.38. The molecule has 9 heteroatoms. The lowest BCUT2D eigenvalue weighted by Gasteiger charge is -2.31. The van der Waals surface area contributed by atoms with Gasteiger partial charge in [-0.15, -0.1) is 10.2 Å². The van der Waals surface area contributed by atoms with Crippen molar-refractivity contribution in [2.75, 3.05) is 29.6 Å². The summed E-state index contributed by atoms with van der Waals surface area (Å²) >= 11 is 5.75. The fraction of sp³-hybridized carbons (Fsp3) is 0.353. The Morgan fingerprint density at radius 2 is 1.92 bits per heavy atom. The molecule has 0 bridgehead atoms. The van der Waals surface area contributed by atoms with Gasteiger partial charge in [0.25, 0.3) is 0 Å². The molecule has 2 heterocycles. The molecule has 2 aromatic rings. The van der Waals surface area contributed by atoms with Crippen molar-refractivity contribution < 1.29 is 13.2 Å². The van der Waals surface area contributed by atoms with E-state index in [-0.39, 0.29) is 16.7 Å². The molecule has 0 atom stereocenters. The van der Waals surface area contributed by atoms with Crippen molar-refractivity contribution >= 4 is 38.9 Å². The Morgan fingerprint density at radius 3 is 2.54 bits per heavy atom. The van der Waals surface area contributed by atoms with Crippen molar-refractivity contribution in [1.29, 1.82) is 0 Å². The number of amides is 1. The highest BCUT2D eigenvalue weighted by Crippen LogP contribution is 2.24. The number of sulfone groups is 1. The van der Waals surface area contributed by atoms with Crippen LogP contribution in [0, 0.1) is 5.92 Å². The summed E-state index contributed by atoms with van der Waals surface area (Å²) in [6.07, 6.45) is 2.51. The summed E-state index contributed by atoms with van der Waals surface area (Å²) in [4.78, 5) is 14.7. The number of nitrogens with zero attached hydrogens (tertiary/aromatic N) is 3. The zero-order valence-electron chi connectivity index (χ0n) is 14.2. The van der Waals surface area contributed by atoms with Crippen LogP contribution in [0.4, 0.5) is 11.5 Å². The van der Waals surface area contributed by atoms with Gasteiger partial charge in [0.1, 0.15) is 0 Å². The number of carbonyl (C=O) groups is 1. The molecular formula is C17H19ClN4O3S. The quantitative estimate of drug-likeness (QED) is 0.855. The lowest BCUT2D eigenvalue weighted by atomic mass is 9.96. The number of benzene rings is 1. The van der Waals surface area contributed by atoms with Crippen LogP contribution >= 0.6 is 11.6 Å². The predicted octanol–water partition coefficient (Wildman–Crippen LogP) is 2.39. The Hall–Kier alpha value is -2.19. The van der Waals surface area contributed by atoms with Crippen molar-refractivity contribution in [1.82, 2.24) is 10.2 Å². The first-order valence-corrected chi connectivity index (χ1v) is 10.4. The maximum absolute atomic E-state index is 12.5. The van der Waals surface area contributed by atoms with Crippen LogP contribution in [-0.4, -0.2) is 43.9 Å². The highest BCUT2D eigenvalue weighted by atomic mass is 35.5. The number of halogens is 1. The molecule has 0 radical (unpaired) electrons. The van der Waals surface area contributed by atoms with E-state index in [1.807, 2.05) is 6.07 Å². The highest BCUT2D eigenvalue weighted by molar-refractivity contribution is 7.90. The fourth-order valence-corrected chi connectivity index (χ4v) is 3.66. The summed E-state index contributed by atoms with van der Waals surface area (Å²) in [5.41, 5.74) is 0.490. The Bertz CT molecular complexity index is 894. The number of nitrogens with one attached hydrogen (secondary N) is 1. The van der Waals surface area contributed by atoms with E-state index < -0.39 is 9.84 Å². The van der Waals surface area contributed by atoms with Crippen molar-refractivity contribution in [2.45, 2.75) is 17.7 Å². The molecular weight excluding hydrogens is 376 g/mol. The number of rotatable bonds is 4. The number of piperidine rings is 1. The average Bonchev–Trinajstić information content (AvgIpc) is 2.62. The topological polar surface area (TPSA) is 92.3 Å². The minimum atomic E-state index is -3.31. The van der Waals surface area contributed by atoms with Crippen LogP contribution in [0.5, 0.6) is 0 Å². The fourth-order valence-electron chi connectivity index (χ4n) is 2.90. The largest absolute Gasteiger partial charge is 0.355 e. The summed E-state index contributed by atoms with van der Waals surface area (Å²) in [5.74, 6) is 0.514. The van der Waals surface area contributed by atoms with E-state index in [4.69, 9.17) is 11.6 Å². The SMILES string of the molecule is CS(=O)(=O)c1cccc(NC(=O)C2CCN(c3ccc(Cl)nn3)CC2)c1. The van der Waals surface area contributed by atoms with Gasteiger partial charge in [-0.05, 0) is 43.2 Å². The van der Waals surface area contributed by atoms with Gasteiger partial charge >= 0.3 is 0 Å². The first-order valence-electron chi connectivity index (χ1n) is 8.18. The third kappa shape index (κ3) is 4.50. The Balaban J connectivity index is 1.59. The van der Waals surface area contributed by atoms with Crippen LogP contribution in [0.1, 0.15) is 12.8 Å². The molecule has 1 aliphatic rings. The smallest absolute Gasteiger partial charge is 0.227 e. The second-order valence-corrected chi connectivity index (χ2v) is 8.67. The zero-order chi connectivity index (χ0) is 18.7. The number of hydrogen-bond donors (Lipinski definition) is 1. The summed E-state index contributed by atoms with van der Waals surface area (Å²) in [6, 6.07) is 9.80. The van der Waals surface area contributed by atoms with Gasteiger partial charge in [-0.25, -0.2) is 8.42 Å². The Labute approximate surface area is 157 Å². The van der Waals surface area contributed by atoms with Gasteiger partial charge < -0.3 is 10.2 Å². The molecule has 1 fully saturated rings. The minimum absolute atomic E-state index is 0.0995. The lowest BCUT2D eigenvalue weighted by molar-refractivity contribution is -0.120. The number of hydrogen-bond acceptors (Lipinski definition) is 6. The molecule has 1 saturated heterocycles. The molecule has 1 aliphatic heterocycles. The molecule has 26 heavy (non-hydrogen) atoms. The van der Waals surface area contributed by atoms with E-state index in [1.54, 1.807) is 18.2 Å². The van der Waals surface area contributed by atoms with Crippen LogP contribution in [0.2, 0.25) is 5.15 Å². The normalized spacial score (nSPS) is 15.7. The molecule has 1 aromatic carbocycles. The van der Waals surface area contributed by atoms with Crippen LogP contribution in [0.25, 0.3) is 0 Å². The van der Waals surface area contributed by atoms with E-state index in [0.717, 1.165) is 12.1 Å². The monoisotopic (exact) mass is 394 g/mol. The molecule has 1 aromatic heterocycles. The van der Waals surface area contributed by atoms with Gasteiger partial charge in [-0.1, -0.05) is 17.7 Å². The van der Waals surface area contributed by atoms with E-state index >= 15 is 0 Å². The van der Waals surface area contributed by atoms with Crippen LogP contribution < -0.4 is 10.2 Å². The molecule has 0 saturated carbocycles. The van der Waals surface area contributed by atoms with Gasteiger partial charge in [-0.3, -0.25) is 4.79 Å². The van der Waals surface area contributed by atoms with Crippen LogP contribution in [0.3, 0.4) is 0 Å². The average molecular weight is 395 g/mol. The first-order chi connectivity index (χ1) is 12.3.